The van der Waals surface area contributed by atoms with E-state index in [0.29, 0.717) is 17.5 Å². The summed E-state index contributed by atoms with van der Waals surface area (Å²) in [6.07, 6.45) is 6.55. The van der Waals surface area contributed by atoms with Crippen molar-refractivity contribution in [1.82, 2.24) is 14.9 Å². The van der Waals surface area contributed by atoms with Crippen LogP contribution in [0.25, 0.3) is 10.9 Å². The predicted molar refractivity (Wildman–Crippen MR) is 103 cm³/mol. The van der Waals surface area contributed by atoms with Crippen LogP contribution in [-0.2, 0) is 0 Å². The van der Waals surface area contributed by atoms with Gasteiger partial charge in [0, 0.05) is 36.6 Å². The van der Waals surface area contributed by atoms with Gasteiger partial charge in [-0.25, -0.2) is 0 Å². The summed E-state index contributed by atoms with van der Waals surface area (Å²) < 4.78 is 0. The minimum absolute atomic E-state index is 0.342. The van der Waals surface area contributed by atoms with Gasteiger partial charge in [0.1, 0.15) is 6.07 Å². The molecule has 0 unspecified atom stereocenters. The highest BCUT2D eigenvalue weighted by Gasteiger charge is 2.33. The fourth-order valence-corrected chi connectivity index (χ4v) is 3.97. The third-order valence-corrected chi connectivity index (χ3v) is 5.24. The van der Waals surface area contributed by atoms with E-state index in [4.69, 9.17) is 0 Å². The van der Waals surface area contributed by atoms with E-state index in [0.717, 1.165) is 36.1 Å². The second-order valence-electron chi connectivity index (χ2n) is 6.82. The number of rotatable bonds is 4. The van der Waals surface area contributed by atoms with Gasteiger partial charge in [0.05, 0.1) is 16.8 Å². The number of benzene rings is 1. The van der Waals surface area contributed by atoms with Gasteiger partial charge in [-0.05, 0) is 43.6 Å². The molecule has 5 nitrogen and oxygen atoms in total. The first kappa shape index (κ1) is 16.5. The summed E-state index contributed by atoms with van der Waals surface area (Å²) in [6.45, 7) is 1.88. The van der Waals surface area contributed by atoms with Crippen molar-refractivity contribution in [2.75, 3.05) is 25.5 Å². The first-order chi connectivity index (χ1) is 12.8. The number of aromatic nitrogens is 2. The highest BCUT2D eigenvalue weighted by molar-refractivity contribution is 5.93. The summed E-state index contributed by atoms with van der Waals surface area (Å²) in [5.41, 5.74) is 3.63. The normalized spacial score (nSPS) is 20.2. The van der Waals surface area contributed by atoms with Crippen LogP contribution in [-0.4, -0.2) is 35.0 Å². The number of nitrogens with zero attached hydrogens (tertiary/aromatic N) is 4. The fraction of sp³-hybridized carbons (Fsp3) is 0.286. The molecule has 0 radical (unpaired) electrons. The van der Waals surface area contributed by atoms with Crippen molar-refractivity contribution < 1.29 is 0 Å². The van der Waals surface area contributed by atoms with E-state index in [1.165, 1.54) is 5.56 Å². The molecular formula is C21H21N5. The van der Waals surface area contributed by atoms with Crippen molar-refractivity contribution in [3.63, 3.8) is 0 Å². The number of hydrogen-bond donors (Lipinski definition) is 1. The Bertz CT molecular complexity index is 948. The molecule has 0 bridgehead atoms. The van der Waals surface area contributed by atoms with Crippen LogP contribution in [0.2, 0.25) is 0 Å². The topological polar surface area (TPSA) is 64.8 Å². The lowest BCUT2D eigenvalue weighted by Gasteiger charge is -2.26. The van der Waals surface area contributed by atoms with Crippen molar-refractivity contribution in [2.45, 2.75) is 12.5 Å². The van der Waals surface area contributed by atoms with Crippen molar-refractivity contribution >= 4 is 16.6 Å². The zero-order chi connectivity index (χ0) is 17.9. The van der Waals surface area contributed by atoms with Gasteiger partial charge in [-0.1, -0.05) is 24.3 Å². The smallest absolute Gasteiger partial charge is 0.103 e. The molecule has 4 rings (SSSR count). The van der Waals surface area contributed by atoms with E-state index in [1.54, 1.807) is 6.20 Å². The van der Waals surface area contributed by atoms with Gasteiger partial charge in [0.25, 0.3) is 0 Å². The van der Waals surface area contributed by atoms with Crippen LogP contribution >= 0.6 is 0 Å². The van der Waals surface area contributed by atoms with E-state index < -0.39 is 0 Å². The van der Waals surface area contributed by atoms with E-state index in [2.05, 4.69) is 39.4 Å². The molecule has 2 atom stereocenters. The SMILES string of the molecule is CN1CC[C@@H](CNc2c(C#N)cnc3ccccc23)[C@@H]1c1cccnc1. The van der Waals surface area contributed by atoms with Crippen molar-refractivity contribution in [3.05, 3.63) is 66.1 Å². The number of nitriles is 1. The summed E-state index contributed by atoms with van der Waals surface area (Å²) in [6, 6.07) is 14.7. The summed E-state index contributed by atoms with van der Waals surface area (Å²) >= 11 is 0. The molecule has 1 N–H and O–H groups in total. The molecule has 3 aromatic rings. The quantitative estimate of drug-likeness (QED) is 0.784. The van der Waals surface area contributed by atoms with Crippen LogP contribution < -0.4 is 5.32 Å². The van der Waals surface area contributed by atoms with Crippen molar-refractivity contribution in [1.29, 1.82) is 5.26 Å². The van der Waals surface area contributed by atoms with Crippen molar-refractivity contribution in [2.24, 2.45) is 5.92 Å². The molecule has 5 heteroatoms. The van der Waals surface area contributed by atoms with Gasteiger partial charge in [0.15, 0.2) is 0 Å². The zero-order valence-corrected chi connectivity index (χ0v) is 14.8. The molecule has 0 saturated carbocycles. The molecule has 130 valence electrons. The van der Waals surface area contributed by atoms with Gasteiger partial charge in [0.2, 0.25) is 0 Å². The number of nitrogens with one attached hydrogen (secondary N) is 1. The molecule has 0 aliphatic carbocycles. The van der Waals surface area contributed by atoms with Gasteiger partial charge in [-0.3, -0.25) is 14.9 Å². The minimum Gasteiger partial charge on any atom is -0.383 e. The molecule has 26 heavy (non-hydrogen) atoms. The van der Waals surface area contributed by atoms with E-state index in [9.17, 15) is 5.26 Å². The van der Waals surface area contributed by atoms with Crippen LogP contribution in [0.5, 0.6) is 0 Å². The van der Waals surface area contributed by atoms with E-state index >= 15 is 0 Å². The molecule has 2 aromatic heterocycles. The Morgan fingerprint density at radius 2 is 2.12 bits per heavy atom. The highest BCUT2D eigenvalue weighted by atomic mass is 15.2. The molecule has 1 aliphatic rings. The number of fused-ring (bicyclic) bond motifs is 1. The summed E-state index contributed by atoms with van der Waals surface area (Å²) in [4.78, 5) is 11.1. The lowest BCUT2D eigenvalue weighted by Crippen LogP contribution is -2.25. The lowest BCUT2D eigenvalue weighted by molar-refractivity contribution is 0.281. The van der Waals surface area contributed by atoms with Crippen LogP contribution in [0.15, 0.2) is 55.0 Å². The maximum atomic E-state index is 9.50. The Morgan fingerprint density at radius 1 is 1.23 bits per heavy atom. The molecule has 1 fully saturated rings. The largest absolute Gasteiger partial charge is 0.383 e. The first-order valence-corrected chi connectivity index (χ1v) is 8.90. The van der Waals surface area contributed by atoms with Crippen LogP contribution in [0, 0.1) is 17.2 Å². The zero-order valence-electron chi connectivity index (χ0n) is 14.8. The van der Waals surface area contributed by atoms with Gasteiger partial charge < -0.3 is 5.32 Å². The van der Waals surface area contributed by atoms with Crippen LogP contribution in [0.4, 0.5) is 5.69 Å². The summed E-state index contributed by atoms with van der Waals surface area (Å²) in [5.74, 6) is 0.461. The maximum Gasteiger partial charge on any atom is 0.103 e. The van der Waals surface area contributed by atoms with Gasteiger partial charge in [-0.2, -0.15) is 5.26 Å². The van der Waals surface area contributed by atoms with Crippen LogP contribution in [0.1, 0.15) is 23.6 Å². The Kier molecular flexibility index (Phi) is 4.51. The Morgan fingerprint density at radius 3 is 2.92 bits per heavy atom. The number of likely N-dealkylation sites (tertiary alicyclic amines) is 1. The third kappa shape index (κ3) is 3.00. The summed E-state index contributed by atoms with van der Waals surface area (Å²) in [7, 11) is 2.17. The van der Waals surface area contributed by atoms with Gasteiger partial charge >= 0.3 is 0 Å². The molecule has 1 saturated heterocycles. The Labute approximate surface area is 153 Å². The van der Waals surface area contributed by atoms with Crippen LogP contribution in [0.3, 0.4) is 0 Å². The standard InChI is InChI=1S/C21H21N5/c1-26-10-8-16(21(26)15-5-4-9-23-12-15)13-25-20-17(11-22)14-24-19-7-3-2-6-18(19)20/h2-7,9,12,14,16,21H,8,10,13H2,1H3,(H,24,25)/t16-,21-/m0/s1. The molecule has 0 amide bonds. The molecule has 3 heterocycles. The van der Waals surface area contributed by atoms with Gasteiger partial charge in [-0.15, -0.1) is 0 Å². The third-order valence-electron chi connectivity index (χ3n) is 5.24. The van der Waals surface area contributed by atoms with E-state index in [1.807, 2.05) is 42.7 Å². The minimum atomic E-state index is 0.342. The fourth-order valence-electron chi connectivity index (χ4n) is 3.97. The predicted octanol–water partition coefficient (Wildman–Crippen LogP) is 3.61. The molecule has 1 aliphatic heterocycles. The second-order valence-corrected chi connectivity index (χ2v) is 6.82. The van der Waals surface area contributed by atoms with E-state index in [-0.39, 0.29) is 0 Å². The second kappa shape index (κ2) is 7.11. The number of pyridine rings is 2. The number of anilines is 1. The maximum absolute atomic E-state index is 9.50. The summed E-state index contributed by atoms with van der Waals surface area (Å²) in [5, 5.41) is 14.1. The Hall–Kier alpha value is -2.97. The molecule has 1 aromatic carbocycles. The lowest BCUT2D eigenvalue weighted by atomic mass is 9.94. The first-order valence-electron chi connectivity index (χ1n) is 8.90. The monoisotopic (exact) mass is 343 g/mol. The van der Waals surface area contributed by atoms with Crippen molar-refractivity contribution in [3.8, 4) is 6.07 Å². The molecular weight excluding hydrogens is 322 g/mol. The molecule has 0 spiro atoms. The average molecular weight is 343 g/mol. The number of para-hydroxylation sites is 1. The highest BCUT2D eigenvalue weighted by Crippen LogP contribution is 2.36. The average Bonchev–Trinajstić information content (AvgIpc) is 3.07. The Balaban J connectivity index is 1.61. The number of hydrogen-bond acceptors (Lipinski definition) is 5.